The largest absolute Gasteiger partial charge is 0.476 e. The summed E-state index contributed by atoms with van der Waals surface area (Å²) < 4.78 is 0. The van der Waals surface area contributed by atoms with Gasteiger partial charge in [0, 0.05) is 18.2 Å². The van der Waals surface area contributed by atoms with Gasteiger partial charge >= 0.3 is 5.97 Å². The zero-order chi connectivity index (χ0) is 15.4. The molecule has 5 heteroatoms. The van der Waals surface area contributed by atoms with E-state index in [-0.39, 0.29) is 17.0 Å². The van der Waals surface area contributed by atoms with Crippen LogP contribution in [-0.2, 0) is 6.42 Å². The fraction of sp³-hybridized carbons (Fsp3) is 0.250. The molecule has 0 fully saturated rings. The molecular formula is C16H16N2O3. The van der Waals surface area contributed by atoms with E-state index in [0.717, 1.165) is 12.0 Å². The number of carboxylic acid groups (broad SMARTS) is 1. The molecular weight excluding hydrogens is 268 g/mol. The molecule has 0 aliphatic carbocycles. The molecule has 2 rings (SSSR count). The number of carboxylic acids is 1. The molecule has 5 nitrogen and oxygen atoms in total. The summed E-state index contributed by atoms with van der Waals surface area (Å²) in [7, 11) is 0. The number of hydrogen-bond donors (Lipinski definition) is 1. The highest BCUT2D eigenvalue weighted by Gasteiger charge is 2.20. The van der Waals surface area contributed by atoms with Crippen LogP contribution in [0, 0.1) is 6.92 Å². The van der Waals surface area contributed by atoms with Gasteiger partial charge in [-0.05, 0) is 13.3 Å². The molecule has 1 aromatic carbocycles. The van der Waals surface area contributed by atoms with Gasteiger partial charge in [-0.3, -0.25) is 4.79 Å². The Morgan fingerprint density at radius 2 is 1.86 bits per heavy atom. The number of carbonyl (C=O) groups excluding carboxylic acids is 1. The summed E-state index contributed by atoms with van der Waals surface area (Å²) in [4.78, 5) is 31.8. The van der Waals surface area contributed by atoms with Crippen LogP contribution in [0.25, 0.3) is 0 Å². The SMILES string of the molecule is CCCc1ncc(C(=O)c2ccc(C)cc2)c(C(=O)O)n1. The number of aromatic nitrogens is 2. The van der Waals surface area contributed by atoms with E-state index in [9.17, 15) is 14.7 Å². The van der Waals surface area contributed by atoms with Crippen molar-refractivity contribution in [3.8, 4) is 0 Å². The second-order valence-corrected chi connectivity index (χ2v) is 4.80. The van der Waals surface area contributed by atoms with Gasteiger partial charge in [0.25, 0.3) is 0 Å². The average molecular weight is 284 g/mol. The average Bonchev–Trinajstić information content (AvgIpc) is 2.47. The molecule has 1 heterocycles. The maximum Gasteiger partial charge on any atom is 0.355 e. The van der Waals surface area contributed by atoms with E-state index in [1.807, 2.05) is 13.8 Å². The van der Waals surface area contributed by atoms with Crippen LogP contribution < -0.4 is 0 Å². The van der Waals surface area contributed by atoms with Gasteiger partial charge in [-0.1, -0.05) is 36.8 Å². The fourth-order valence-corrected chi connectivity index (χ4v) is 1.95. The highest BCUT2D eigenvalue weighted by Crippen LogP contribution is 2.14. The van der Waals surface area contributed by atoms with E-state index in [1.54, 1.807) is 24.3 Å². The number of carbonyl (C=O) groups is 2. The number of hydrogen-bond acceptors (Lipinski definition) is 4. The molecule has 108 valence electrons. The van der Waals surface area contributed by atoms with Gasteiger partial charge in [-0.25, -0.2) is 14.8 Å². The zero-order valence-corrected chi connectivity index (χ0v) is 12.0. The number of nitrogens with zero attached hydrogens (tertiary/aromatic N) is 2. The number of rotatable bonds is 5. The summed E-state index contributed by atoms with van der Waals surface area (Å²) in [5.41, 5.74) is 1.24. The van der Waals surface area contributed by atoms with Crippen molar-refractivity contribution in [2.45, 2.75) is 26.7 Å². The van der Waals surface area contributed by atoms with Gasteiger partial charge in [0.2, 0.25) is 0 Å². The predicted molar refractivity (Wildman–Crippen MR) is 77.6 cm³/mol. The Morgan fingerprint density at radius 3 is 2.43 bits per heavy atom. The van der Waals surface area contributed by atoms with Crippen LogP contribution in [0.15, 0.2) is 30.5 Å². The maximum atomic E-state index is 12.4. The molecule has 21 heavy (non-hydrogen) atoms. The van der Waals surface area contributed by atoms with E-state index >= 15 is 0 Å². The number of aromatic carboxylic acids is 1. The lowest BCUT2D eigenvalue weighted by atomic mass is 10.0. The van der Waals surface area contributed by atoms with Gasteiger partial charge in [0.1, 0.15) is 5.82 Å². The van der Waals surface area contributed by atoms with Crippen LogP contribution >= 0.6 is 0 Å². The van der Waals surface area contributed by atoms with Crippen LogP contribution in [0.1, 0.15) is 51.1 Å². The molecule has 0 unspecified atom stereocenters. The second kappa shape index (κ2) is 6.26. The van der Waals surface area contributed by atoms with Gasteiger partial charge in [-0.15, -0.1) is 0 Å². The van der Waals surface area contributed by atoms with E-state index in [2.05, 4.69) is 9.97 Å². The third-order valence-electron chi connectivity index (χ3n) is 3.07. The Balaban J connectivity index is 2.44. The van der Waals surface area contributed by atoms with E-state index in [4.69, 9.17) is 0 Å². The second-order valence-electron chi connectivity index (χ2n) is 4.80. The minimum absolute atomic E-state index is 0.0196. The van der Waals surface area contributed by atoms with Crippen LogP contribution in [0.5, 0.6) is 0 Å². The summed E-state index contributed by atoms with van der Waals surface area (Å²) in [6.45, 7) is 3.87. The Hall–Kier alpha value is -2.56. The van der Waals surface area contributed by atoms with Crippen molar-refractivity contribution in [3.63, 3.8) is 0 Å². The van der Waals surface area contributed by atoms with Crippen LogP contribution in [0.2, 0.25) is 0 Å². The van der Waals surface area contributed by atoms with Crippen molar-refractivity contribution in [2.75, 3.05) is 0 Å². The highest BCUT2D eigenvalue weighted by atomic mass is 16.4. The van der Waals surface area contributed by atoms with Crippen molar-refractivity contribution in [2.24, 2.45) is 0 Å². The monoisotopic (exact) mass is 284 g/mol. The molecule has 0 spiro atoms. The lowest BCUT2D eigenvalue weighted by Crippen LogP contribution is -2.14. The van der Waals surface area contributed by atoms with Gasteiger partial charge in [0.15, 0.2) is 11.5 Å². The smallest absolute Gasteiger partial charge is 0.355 e. The fourth-order valence-electron chi connectivity index (χ4n) is 1.95. The first-order chi connectivity index (χ1) is 10.0. The van der Waals surface area contributed by atoms with E-state index in [1.165, 1.54) is 6.20 Å². The van der Waals surface area contributed by atoms with E-state index in [0.29, 0.717) is 17.8 Å². The van der Waals surface area contributed by atoms with Gasteiger partial charge < -0.3 is 5.11 Å². The number of ketones is 1. The van der Waals surface area contributed by atoms with Crippen molar-refractivity contribution >= 4 is 11.8 Å². The molecule has 0 saturated heterocycles. The molecule has 0 radical (unpaired) electrons. The van der Waals surface area contributed by atoms with Crippen molar-refractivity contribution < 1.29 is 14.7 Å². The molecule has 1 aromatic heterocycles. The molecule has 0 saturated carbocycles. The Kier molecular flexibility index (Phi) is 4.42. The number of aryl methyl sites for hydroxylation is 2. The normalized spacial score (nSPS) is 10.4. The van der Waals surface area contributed by atoms with Crippen LogP contribution in [-0.4, -0.2) is 26.8 Å². The zero-order valence-electron chi connectivity index (χ0n) is 12.0. The third-order valence-corrected chi connectivity index (χ3v) is 3.07. The molecule has 0 atom stereocenters. The molecule has 2 aromatic rings. The standard InChI is InChI=1S/C16H16N2O3/c1-3-4-13-17-9-12(14(18-13)16(20)21)15(19)11-7-5-10(2)6-8-11/h5-9H,3-4H2,1-2H3,(H,20,21). The van der Waals surface area contributed by atoms with E-state index < -0.39 is 5.97 Å². The lowest BCUT2D eigenvalue weighted by Gasteiger charge is -2.06. The quantitative estimate of drug-likeness (QED) is 0.854. The lowest BCUT2D eigenvalue weighted by molar-refractivity contribution is 0.0685. The molecule has 0 aliphatic heterocycles. The molecule has 0 aliphatic rings. The summed E-state index contributed by atoms with van der Waals surface area (Å²) in [5, 5.41) is 9.26. The van der Waals surface area contributed by atoms with Crippen molar-refractivity contribution in [1.82, 2.24) is 9.97 Å². The summed E-state index contributed by atoms with van der Waals surface area (Å²) in [5.74, 6) is -1.16. The third kappa shape index (κ3) is 3.31. The van der Waals surface area contributed by atoms with Crippen LogP contribution in [0.4, 0.5) is 0 Å². The van der Waals surface area contributed by atoms with Crippen LogP contribution in [0.3, 0.4) is 0 Å². The predicted octanol–water partition coefficient (Wildman–Crippen LogP) is 2.67. The minimum Gasteiger partial charge on any atom is -0.476 e. The molecule has 0 bridgehead atoms. The molecule has 1 N–H and O–H groups in total. The topological polar surface area (TPSA) is 80.2 Å². The maximum absolute atomic E-state index is 12.4. The summed E-state index contributed by atoms with van der Waals surface area (Å²) in [6, 6.07) is 6.95. The Morgan fingerprint density at radius 1 is 1.19 bits per heavy atom. The van der Waals surface area contributed by atoms with Crippen molar-refractivity contribution in [1.29, 1.82) is 0 Å². The van der Waals surface area contributed by atoms with Gasteiger partial charge in [-0.2, -0.15) is 0 Å². The number of benzene rings is 1. The summed E-state index contributed by atoms with van der Waals surface area (Å²) in [6.07, 6.45) is 2.70. The first-order valence-electron chi connectivity index (χ1n) is 6.73. The Labute approximate surface area is 122 Å². The minimum atomic E-state index is -1.22. The van der Waals surface area contributed by atoms with Gasteiger partial charge in [0.05, 0.1) is 5.56 Å². The van der Waals surface area contributed by atoms with Crippen molar-refractivity contribution in [3.05, 3.63) is 58.7 Å². The first kappa shape index (κ1) is 14.8. The summed E-state index contributed by atoms with van der Waals surface area (Å²) >= 11 is 0. The highest BCUT2D eigenvalue weighted by molar-refractivity contribution is 6.13. The molecule has 0 amide bonds. The first-order valence-corrected chi connectivity index (χ1v) is 6.73. The Bertz CT molecular complexity index is 678.